The summed E-state index contributed by atoms with van der Waals surface area (Å²) in [4.78, 5) is 2.45. The molecule has 0 radical (unpaired) electrons. The Morgan fingerprint density at radius 3 is 2.00 bits per heavy atom. The molecule has 0 unspecified atom stereocenters. The molecule has 0 N–H and O–H groups in total. The molecule has 10 rings (SSSR count). The second-order valence-corrected chi connectivity index (χ2v) is 12.6. The molecule has 49 heavy (non-hydrogen) atoms. The molecule has 0 saturated carbocycles. The maximum absolute atomic E-state index is 6.26. The van der Waals surface area contributed by atoms with Crippen LogP contribution in [0.15, 0.2) is 186 Å². The average Bonchev–Trinajstić information content (AvgIpc) is 3.70. The topological polar surface area (TPSA) is 21.3 Å². The van der Waals surface area contributed by atoms with Gasteiger partial charge in [0.05, 0.1) is 22.4 Å². The highest BCUT2D eigenvalue weighted by atomic mass is 16.3. The summed E-state index contributed by atoms with van der Waals surface area (Å²) in [5.41, 5.74) is 11.0. The Morgan fingerprint density at radius 2 is 1.12 bits per heavy atom. The summed E-state index contributed by atoms with van der Waals surface area (Å²) < 4.78 is 8.64. The molecule has 0 fully saturated rings. The van der Waals surface area contributed by atoms with Gasteiger partial charge in [0, 0.05) is 38.5 Å². The van der Waals surface area contributed by atoms with Crippen molar-refractivity contribution in [2.24, 2.45) is 0 Å². The molecule has 10 aromatic rings. The largest absolute Gasteiger partial charge is 0.456 e. The van der Waals surface area contributed by atoms with Crippen LogP contribution in [0.2, 0.25) is 0 Å². The van der Waals surface area contributed by atoms with Crippen LogP contribution in [0.3, 0.4) is 0 Å². The van der Waals surface area contributed by atoms with Crippen molar-refractivity contribution in [2.75, 3.05) is 4.90 Å². The number of furan rings is 1. The average molecular weight is 627 g/mol. The van der Waals surface area contributed by atoms with Gasteiger partial charge in [-0.2, -0.15) is 0 Å². The van der Waals surface area contributed by atoms with Crippen molar-refractivity contribution in [3.8, 4) is 16.8 Å². The van der Waals surface area contributed by atoms with Crippen LogP contribution in [0.5, 0.6) is 0 Å². The van der Waals surface area contributed by atoms with Gasteiger partial charge in [-0.1, -0.05) is 115 Å². The number of aromatic nitrogens is 1. The van der Waals surface area contributed by atoms with Crippen molar-refractivity contribution in [3.63, 3.8) is 0 Å². The molecule has 3 nitrogen and oxygen atoms in total. The van der Waals surface area contributed by atoms with Gasteiger partial charge in [-0.3, -0.25) is 0 Å². The summed E-state index contributed by atoms with van der Waals surface area (Å²) in [7, 11) is 0. The summed E-state index contributed by atoms with van der Waals surface area (Å²) in [5.74, 6) is 0. The molecule has 0 spiro atoms. The van der Waals surface area contributed by atoms with E-state index in [1.165, 1.54) is 32.9 Å². The Labute approximate surface area is 283 Å². The fraction of sp³-hybridized carbons (Fsp3) is 0. The van der Waals surface area contributed by atoms with Gasteiger partial charge >= 0.3 is 0 Å². The van der Waals surface area contributed by atoms with E-state index in [2.05, 4.69) is 179 Å². The number of fused-ring (bicyclic) bond motifs is 7. The minimum atomic E-state index is 0.909. The lowest BCUT2D eigenvalue weighted by atomic mass is 10.00. The molecule has 2 heterocycles. The lowest BCUT2D eigenvalue weighted by Gasteiger charge is -2.29. The van der Waals surface area contributed by atoms with Gasteiger partial charge in [-0.15, -0.1) is 0 Å². The molecule has 0 atom stereocenters. The molecule has 0 saturated heterocycles. The smallest absolute Gasteiger partial charge is 0.136 e. The highest BCUT2D eigenvalue weighted by Gasteiger charge is 2.23. The van der Waals surface area contributed by atoms with Crippen LogP contribution in [0.4, 0.5) is 17.1 Å². The predicted octanol–water partition coefficient (Wildman–Crippen LogP) is 13.0. The number of hydrogen-bond donors (Lipinski definition) is 0. The Balaban J connectivity index is 1.29. The summed E-state index contributed by atoms with van der Waals surface area (Å²) in [6.07, 6.45) is 0. The van der Waals surface area contributed by atoms with Crippen LogP contribution in [0, 0.1) is 0 Å². The van der Waals surface area contributed by atoms with E-state index >= 15 is 0 Å². The lowest BCUT2D eigenvalue weighted by molar-refractivity contribution is 0.669. The third-order valence-electron chi connectivity index (χ3n) is 9.74. The van der Waals surface area contributed by atoms with Gasteiger partial charge in [0.25, 0.3) is 0 Å². The summed E-state index contributed by atoms with van der Waals surface area (Å²) in [6.45, 7) is 0. The Morgan fingerprint density at radius 1 is 0.429 bits per heavy atom. The van der Waals surface area contributed by atoms with E-state index in [1.807, 2.05) is 12.1 Å². The van der Waals surface area contributed by atoms with Crippen molar-refractivity contribution < 1.29 is 4.42 Å². The molecule has 3 heteroatoms. The monoisotopic (exact) mass is 626 g/mol. The summed E-state index contributed by atoms with van der Waals surface area (Å²) in [6, 6.07) is 65.1. The maximum atomic E-state index is 6.26. The van der Waals surface area contributed by atoms with E-state index in [4.69, 9.17) is 4.42 Å². The molecule has 0 aliphatic rings. The van der Waals surface area contributed by atoms with Gasteiger partial charge in [0.1, 0.15) is 11.2 Å². The first-order valence-electron chi connectivity index (χ1n) is 16.7. The minimum absolute atomic E-state index is 0.909. The molecular weight excluding hydrogens is 597 g/mol. The maximum Gasteiger partial charge on any atom is 0.136 e. The van der Waals surface area contributed by atoms with E-state index in [-0.39, 0.29) is 0 Å². The van der Waals surface area contributed by atoms with Gasteiger partial charge in [0.2, 0.25) is 0 Å². The van der Waals surface area contributed by atoms with Crippen molar-refractivity contribution in [1.82, 2.24) is 4.57 Å². The zero-order valence-corrected chi connectivity index (χ0v) is 26.6. The predicted molar refractivity (Wildman–Crippen MR) is 206 cm³/mol. The van der Waals surface area contributed by atoms with Crippen LogP contribution in [-0.4, -0.2) is 4.57 Å². The van der Waals surface area contributed by atoms with E-state index in [1.54, 1.807) is 0 Å². The molecule has 0 amide bonds. The Kier molecular flexibility index (Phi) is 6.18. The van der Waals surface area contributed by atoms with Gasteiger partial charge in [-0.05, 0) is 83.1 Å². The third-order valence-corrected chi connectivity index (χ3v) is 9.74. The first-order valence-corrected chi connectivity index (χ1v) is 16.7. The van der Waals surface area contributed by atoms with Crippen molar-refractivity contribution in [1.29, 1.82) is 0 Å². The van der Waals surface area contributed by atoms with Crippen molar-refractivity contribution >= 4 is 71.6 Å². The van der Waals surface area contributed by atoms with Crippen LogP contribution in [0.25, 0.3) is 71.3 Å². The number of anilines is 3. The fourth-order valence-corrected chi connectivity index (χ4v) is 7.58. The Hall–Kier alpha value is -6.58. The van der Waals surface area contributed by atoms with Crippen molar-refractivity contribution in [2.45, 2.75) is 0 Å². The number of para-hydroxylation sites is 4. The summed E-state index contributed by atoms with van der Waals surface area (Å²) in [5, 5.41) is 7.00. The van der Waals surface area contributed by atoms with Crippen LogP contribution >= 0.6 is 0 Å². The minimum Gasteiger partial charge on any atom is -0.456 e. The fourth-order valence-electron chi connectivity index (χ4n) is 7.58. The van der Waals surface area contributed by atoms with E-state index in [0.29, 0.717) is 0 Å². The SMILES string of the molecule is c1ccc(-c2ccccc2N(c2ccc3cc4oc5ccccc5c4cc3c2)c2cccc3c2c2ccccc2n3-c2ccccc2)cc1. The highest BCUT2D eigenvalue weighted by Crippen LogP contribution is 2.47. The molecule has 0 aliphatic carbocycles. The second-order valence-electron chi connectivity index (χ2n) is 12.6. The third kappa shape index (κ3) is 4.37. The van der Waals surface area contributed by atoms with Gasteiger partial charge in [-0.25, -0.2) is 0 Å². The standard InChI is InChI=1S/C46H30N2O/c1-3-14-31(15-4-1)36-18-7-10-21-40(36)48(35-27-26-32-30-45-39(29-33(32)28-35)37-19-9-12-25-44(37)49-45)43-24-13-23-42-46(43)38-20-8-11-22-41(38)47(42)34-16-5-2-6-17-34/h1-30H. The number of benzene rings is 8. The highest BCUT2D eigenvalue weighted by molar-refractivity contribution is 6.17. The zero-order valence-electron chi connectivity index (χ0n) is 26.6. The lowest BCUT2D eigenvalue weighted by Crippen LogP contribution is -2.11. The van der Waals surface area contributed by atoms with E-state index < -0.39 is 0 Å². The van der Waals surface area contributed by atoms with Gasteiger partial charge < -0.3 is 13.9 Å². The molecular formula is C46H30N2O. The molecule has 0 bridgehead atoms. The second kappa shape index (κ2) is 11.0. The van der Waals surface area contributed by atoms with Crippen molar-refractivity contribution in [3.05, 3.63) is 182 Å². The molecule has 8 aromatic carbocycles. The quantitative estimate of drug-likeness (QED) is 0.190. The zero-order chi connectivity index (χ0) is 32.3. The van der Waals surface area contributed by atoms with E-state index in [0.717, 1.165) is 55.5 Å². The number of nitrogens with zero attached hydrogens (tertiary/aromatic N) is 2. The van der Waals surface area contributed by atoms with E-state index in [9.17, 15) is 0 Å². The molecule has 0 aliphatic heterocycles. The Bertz CT molecular complexity index is 2830. The molecule has 2 aromatic heterocycles. The molecule has 230 valence electrons. The first kappa shape index (κ1) is 27.5. The normalized spacial score (nSPS) is 11.7. The number of hydrogen-bond acceptors (Lipinski definition) is 2. The van der Waals surface area contributed by atoms with Crippen LogP contribution in [0.1, 0.15) is 0 Å². The number of rotatable bonds is 5. The van der Waals surface area contributed by atoms with Crippen LogP contribution in [-0.2, 0) is 0 Å². The summed E-state index contributed by atoms with van der Waals surface area (Å²) >= 11 is 0. The first-order chi connectivity index (χ1) is 24.3. The van der Waals surface area contributed by atoms with Gasteiger partial charge in [0.15, 0.2) is 0 Å². The van der Waals surface area contributed by atoms with Crippen LogP contribution < -0.4 is 4.90 Å².